The molecule has 0 aromatic carbocycles. The lowest BCUT2D eigenvalue weighted by Gasteiger charge is -2.36. The van der Waals surface area contributed by atoms with Gasteiger partial charge in [-0.3, -0.25) is 0 Å². The van der Waals surface area contributed by atoms with Crippen LogP contribution in [-0.2, 0) is 0 Å². The monoisotopic (exact) mass is 267 g/mol. The third kappa shape index (κ3) is 2.71. The standard InChI is InChI=1S/C14H19F2N3/c15-11-7-12(16)14(18-8-11)19-6-2-3-10(9-19)13-4-1-5-17-13/h7-8,10,13,17H,1-6,9H2. The van der Waals surface area contributed by atoms with Crippen LogP contribution in [0.2, 0.25) is 0 Å². The minimum Gasteiger partial charge on any atom is -0.354 e. The Labute approximate surface area is 112 Å². The smallest absolute Gasteiger partial charge is 0.168 e. The van der Waals surface area contributed by atoms with Crippen LogP contribution in [0.25, 0.3) is 0 Å². The molecule has 1 aromatic heterocycles. The number of nitrogens with zero attached hydrogens (tertiary/aromatic N) is 2. The van der Waals surface area contributed by atoms with Crippen LogP contribution in [0.15, 0.2) is 12.3 Å². The molecule has 2 aliphatic rings. The highest BCUT2D eigenvalue weighted by atomic mass is 19.1. The van der Waals surface area contributed by atoms with Crippen LogP contribution < -0.4 is 10.2 Å². The summed E-state index contributed by atoms with van der Waals surface area (Å²) in [6.07, 6.45) is 5.75. The Kier molecular flexibility index (Phi) is 3.64. The largest absolute Gasteiger partial charge is 0.354 e. The predicted molar refractivity (Wildman–Crippen MR) is 70.1 cm³/mol. The summed E-state index contributed by atoms with van der Waals surface area (Å²) in [4.78, 5) is 5.88. The van der Waals surface area contributed by atoms with E-state index in [0.717, 1.165) is 38.3 Å². The summed E-state index contributed by atoms with van der Waals surface area (Å²) < 4.78 is 26.7. The van der Waals surface area contributed by atoms with Crippen molar-refractivity contribution in [3.8, 4) is 0 Å². The molecule has 2 unspecified atom stereocenters. The number of rotatable bonds is 2. The Balaban J connectivity index is 1.73. The van der Waals surface area contributed by atoms with E-state index >= 15 is 0 Å². The van der Waals surface area contributed by atoms with Crippen LogP contribution in [0.4, 0.5) is 14.6 Å². The molecule has 3 rings (SSSR count). The summed E-state index contributed by atoms with van der Waals surface area (Å²) in [6.45, 7) is 2.70. The Morgan fingerprint density at radius 1 is 1.26 bits per heavy atom. The molecule has 5 heteroatoms. The van der Waals surface area contributed by atoms with E-state index in [9.17, 15) is 8.78 Å². The lowest BCUT2D eigenvalue weighted by atomic mass is 9.90. The average molecular weight is 267 g/mol. The minimum absolute atomic E-state index is 0.295. The number of aromatic nitrogens is 1. The van der Waals surface area contributed by atoms with Crippen LogP contribution in [-0.4, -0.2) is 30.7 Å². The first-order chi connectivity index (χ1) is 9.24. The fourth-order valence-electron chi connectivity index (χ4n) is 3.28. The van der Waals surface area contributed by atoms with Gasteiger partial charge in [-0.2, -0.15) is 0 Å². The fourth-order valence-corrected chi connectivity index (χ4v) is 3.28. The maximum Gasteiger partial charge on any atom is 0.168 e. The maximum atomic E-state index is 13.8. The van der Waals surface area contributed by atoms with Gasteiger partial charge < -0.3 is 10.2 Å². The molecule has 1 N–H and O–H groups in total. The second-order valence-corrected chi connectivity index (χ2v) is 5.51. The molecular formula is C14H19F2N3. The molecule has 2 aliphatic heterocycles. The van der Waals surface area contributed by atoms with Crippen LogP contribution >= 0.6 is 0 Å². The van der Waals surface area contributed by atoms with Crippen molar-refractivity contribution in [3.05, 3.63) is 23.9 Å². The molecule has 2 saturated heterocycles. The van der Waals surface area contributed by atoms with E-state index in [-0.39, 0.29) is 0 Å². The first-order valence-corrected chi connectivity index (χ1v) is 7.03. The summed E-state index contributed by atoms with van der Waals surface area (Å²) in [7, 11) is 0. The van der Waals surface area contributed by atoms with Crippen LogP contribution in [0, 0.1) is 17.6 Å². The number of nitrogens with one attached hydrogen (secondary N) is 1. The summed E-state index contributed by atoms with van der Waals surface area (Å²) in [6, 6.07) is 1.46. The van der Waals surface area contributed by atoms with E-state index in [1.807, 2.05) is 4.90 Å². The number of anilines is 1. The third-order valence-electron chi connectivity index (χ3n) is 4.21. The van der Waals surface area contributed by atoms with Gasteiger partial charge in [-0.15, -0.1) is 0 Å². The first-order valence-electron chi connectivity index (χ1n) is 7.03. The van der Waals surface area contributed by atoms with E-state index in [0.29, 0.717) is 17.8 Å². The van der Waals surface area contributed by atoms with E-state index in [4.69, 9.17) is 0 Å². The molecule has 19 heavy (non-hydrogen) atoms. The number of hydrogen-bond donors (Lipinski definition) is 1. The first kappa shape index (κ1) is 12.8. The molecule has 2 fully saturated rings. The maximum absolute atomic E-state index is 13.8. The van der Waals surface area contributed by atoms with Crippen molar-refractivity contribution in [1.82, 2.24) is 10.3 Å². The van der Waals surface area contributed by atoms with E-state index in [2.05, 4.69) is 10.3 Å². The minimum atomic E-state index is -0.618. The number of halogens is 2. The summed E-state index contributed by atoms with van der Waals surface area (Å²) in [5.74, 6) is -0.334. The summed E-state index contributed by atoms with van der Waals surface area (Å²) >= 11 is 0. The molecule has 0 aliphatic carbocycles. The molecule has 2 atom stereocenters. The van der Waals surface area contributed by atoms with E-state index in [1.54, 1.807) is 0 Å². The van der Waals surface area contributed by atoms with Gasteiger partial charge in [0.2, 0.25) is 0 Å². The van der Waals surface area contributed by atoms with Gasteiger partial charge >= 0.3 is 0 Å². The quantitative estimate of drug-likeness (QED) is 0.891. The van der Waals surface area contributed by atoms with Gasteiger partial charge in [-0.05, 0) is 38.1 Å². The molecule has 3 nitrogen and oxygen atoms in total. The van der Waals surface area contributed by atoms with Crippen molar-refractivity contribution in [2.45, 2.75) is 31.7 Å². The zero-order valence-corrected chi connectivity index (χ0v) is 10.9. The average Bonchev–Trinajstić information content (AvgIpc) is 2.93. The predicted octanol–water partition coefficient (Wildman–Crippen LogP) is 2.33. The zero-order chi connectivity index (χ0) is 13.2. The molecule has 0 saturated carbocycles. The molecule has 0 amide bonds. The second-order valence-electron chi connectivity index (χ2n) is 5.51. The van der Waals surface area contributed by atoms with Crippen LogP contribution in [0.1, 0.15) is 25.7 Å². The fraction of sp³-hybridized carbons (Fsp3) is 0.643. The molecule has 1 aromatic rings. The molecule has 0 bridgehead atoms. The highest BCUT2D eigenvalue weighted by Crippen LogP contribution is 2.28. The second kappa shape index (κ2) is 5.41. The molecule has 3 heterocycles. The topological polar surface area (TPSA) is 28.2 Å². The third-order valence-corrected chi connectivity index (χ3v) is 4.21. The number of hydrogen-bond acceptors (Lipinski definition) is 3. The normalized spacial score (nSPS) is 27.8. The summed E-state index contributed by atoms with van der Waals surface area (Å²) in [5, 5.41) is 3.52. The van der Waals surface area contributed by atoms with Crippen molar-refractivity contribution < 1.29 is 8.78 Å². The van der Waals surface area contributed by atoms with Gasteiger partial charge in [-0.25, -0.2) is 13.8 Å². The van der Waals surface area contributed by atoms with Crippen LogP contribution in [0.5, 0.6) is 0 Å². The number of pyridine rings is 1. The Hall–Kier alpha value is -1.23. The lowest BCUT2D eigenvalue weighted by molar-refractivity contribution is 0.326. The molecule has 0 spiro atoms. The Morgan fingerprint density at radius 2 is 2.16 bits per heavy atom. The van der Waals surface area contributed by atoms with Crippen molar-refractivity contribution in [2.24, 2.45) is 5.92 Å². The number of piperidine rings is 1. The Morgan fingerprint density at radius 3 is 2.89 bits per heavy atom. The van der Waals surface area contributed by atoms with Crippen molar-refractivity contribution in [3.63, 3.8) is 0 Å². The highest BCUT2D eigenvalue weighted by molar-refractivity contribution is 5.40. The Bertz CT molecular complexity index is 446. The molecular weight excluding hydrogens is 248 g/mol. The van der Waals surface area contributed by atoms with Crippen molar-refractivity contribution in [1.29, 1.82) is 0 Å². The SMILES string of the molecule is Fc1cnc(N2CCCC(C3CCCN3)C2)c(F)c1. The van der Waals surface area contributed by atoms with Crippen molar-refractivity contribution >= 4 is 5.82 Å². The zero-order valence-electron chi connectivity index (χ0n) is 10.9. The van der Waals surface area contributed by atoms with Gasteiger partial charge in [0, 0.05) is 25.2 Å². The van der Waals surface area contributed by atoms with Gasteiger partial charge in [0.1, 0.15) is 5.82 Å². The van der Waals surface area contributed by atoms with Gasteiger partial charge in [-0.1, -0.05) is 0 Å². The molecule has 0 radical (unpaired) electrons. The lowest BCUT2D eigenvalue weighted by Crippen LogP contribution is -2.44. The van der Waals surface area contributed by atoms with Gasteiger partial charge in [0.25, 0.3) is 0 Å². The highest BCUT2D eigenvalue weighted by Gasteiger charge is 2.30. The molecule has 104 valence electrons. The van der Waals surface area contributed by atoms with Gasteiger partial charge in [0.05, 0.1) is 6.20 Å². The summed E-state index contributed by atoms with van der Waals surface area (Å²) in [5.41, 5.74) is 0. The van der Waals surface area contributed by atoms with E-state index < -0.39 is 11.6 Å². The van der Waals surface area contributed by atoms with Crippen LogP contribution in [0.3, 0.4) is 0 Å². The van der Waals surface area contributed by atoms with E-state index in [1.165, 1.54) is 19.3 Å². The van der Waals surface area contributed by atoms with Gasteiger partial charge in [0.15, 0.2) is 11.6 Å². The van der Waals surface area contributed by atoms with Crippen molar-refractivity contribution in [2.75, 3.05) is 24.5 Å².